The topological polar surface area (TPSA) is 49.9 Å². The predicted molar refractivity (Wildman–Crippen MR) is 89.5 cm³/mol. The monoisotopic (exact) mass is 338 g/mol. The summed E-state index contributed by atoms with van der Waals surface area (Å²) < 4.78 is 5.67. The minimum atomic E-state index is -0.574. The van der Waals surface area contributed by atoms with E-state index in [1.807, 2.05) is 0 Å². The van der Waals surface area contributed by atoms with E-state index in [1.54, 1.807) is 55.1 Å². The van der Waals surface area contributed by atoms with Crippen molar-refractivity contribution in [3.8, 4) is 5.75 Å². The van der Waals surface area contributed by atoms with Crippen LogP contribution in [0.25, 0.3) is 0 Å². The average molecular weight is 339 g/mol. The highest BCUT2D eigenvalue weighted by Crippen LogP contribution is 2.22. The SMILES string of the molecule is CC(Oc1cccc(Cl)c1)C(=O)N1CCC(C(=O)N(C)C)CC1. The number of likely N-dealkylation sites (tertiary alicyclic amines) is 1. The van der Waals surface area contributed by atoms with Crippen LogP contribution in [0.15, 0.2) is 24.3 Å². The molecular weight excluding hydrogens is 316 g/mol. The number of ether oxygens (including phenoxy) is 1. The molecule has 1 aromatic rings. The number of halogens is 1. The van der Waals surface area contributed by atoms with Crippen LogP contribution >= 0.6 is 11.6 Å². The van der Waals surface area contributed by atoms with Gasteiger partial charge in [-0.3, -0.25) is 9.59 Å². The molecule has 0 radical (unpaired) electrons. The van der Waals surface area contributed by atoms with Crippen LogP contribution in [0, 0.1) is 5.92 Å². The van der Waals surface area contributed by atoms with Crippen molar-refractivity contribution in [3.05, 3.63) is 29.3 Å². The zero-order valence-electron chi connectivity index (χ0n) is 13.8. The van der Waals surface area contributed by atoms with Crippen LogP contribution in [0.5, 0.6) is 5.75 Å². The van der Waals surface area contributed by atoms with Gasteiger partial charge >= 0.3 is 0 Å². The molecule has 1 saturated heterocycles. The van der Waals surface area contributed by atoms with Crippen molar-refractivity contribution in [1.82, 2.24) is 9.80 Å². The summed E-state index contributed by atoms with van der Waals surface area (Å²) in [7, 11) is 3.53. The first-order valence-corrected chi connectivity index (χ1v) is 8.18. The van der Waals surface area contributed by atoms with E-state index in [0.717, 1.165) is 0 Å². The molecule has 1 aromatic carbocycles. The fraction of sp³-hybridized carbons (Fsp3) is 0.529. The zero-order valence-corrected chi connectivity index (χ0v) is 14.5. The molecule has 6 heteroatoms. The molecule has 0 aromatic heterocycles. The fourth-order valence-electron chi connectivity index (χ4n) is 2.76. The molecule has 2 rings (SSSR count). The molecule has 2 amide bonds. The summed E-state index contributed by atoms with van der Waals surface area (Å²) in [5, 5.41) is 0.574. The van der Waals surface area contributed by atoms with Gasteiger partial charge in [-0.1, -0.05) is 17.7 Å². The van der Waals surface area contributed by atoms with Gasteiger partial charge in [-0.2, -0.15) is 0 Å². The maximum Gasteiger partial charge on any atom is 0.263 e. The van der Waals surface area contributed by atoms with Crippen molar-refractivity contribution in [2.24, 2.45) is 5.92 Å². The summed E-state index contributed by atoms with van der Waals surface area (Å²) in [5.41, 5.74) is 0. The van der Waals surface area contributed by atoms with Crippen molar-refractivity contribution < 1.29 is 14.3 Å². The number of nitrogens with zero attached hydrogens (tertiary/aromatic N) is 2. The Morgan fingerprint density at radius 1 is 1.30 bits per heavy atom. The molecule has 1 aliphatic heterocycles. The molecular formula is C17H23ClN2O3. The van der Waals surface area contributed by atoms with E-state index >= 15 is 0 Å². The van der Waals surface area contributed by atoms with Crippen LogP contribution < -0.4 is 4.74 Å². The van der Waals surface area contributed by atoms with Gasteiger partial charge in [-0.25, -0.2) is 0 Å². The van der Waals surface area contributed by atoms with Crippen LogP contribution in [0.4, 0.5) is 0 Å². The van der Waals surface area contributed by atoms with Gasteiger partial charge in [-0.15, -0.1) is 0 Å². The van der Waals surface area contributed by atoms with Gasteiger partial charge in [-0.05, 0) is 38.0 Å². The fourth-order valence-corrected chi connectivity index (χ4v) is 2.94. The molecule has 1 heterocycles. The summed E-state index contributed by atoms with van der Waals surface area (Å²) in [6, 6.07) is 7.01. The molecule has 23 heavy (non-hydrogen) atoms. The molecule has 0 bridgehead atoms. The Labute approximate surface area is 142 Å². The smallest absolute Gasteiger partial charge is 0.263 e. The molecule has 0 saturated carbocycles. The van der Waals surface area contributed by atoms with Crippen LogP contribution in [0.1, 0.15) is 19.8 Å². The Balaban J connectivity index is 1.88. The maximum absolute atomic E-state index is 12.5. The highest BCUT2D eigenvalue weighted by molar-refractivity contribution is 6.30. The van der Waals surface area contributed by atoms with Crippen molar-refractivity contribution in [2.45, 2.75) is 25.9 Å². The lowest BCUT2D eigenvalue weighted by atomic mass is 9.95. The van der Waals surface area contributed by atoms with E-state index in [1.165, 1.54) is 0 Å². The first kappa shape index (κ1) is 17.6. The van der Waals surface area contributed by atoms with Crippen LogP contribution in [-0.2, 0) is 9.59 Å². The van der Waals surface area contributed by atoms with Crippen LogP contribution in [-0.4, -0.2) is 54.9 Å². The second-order valence-corrected chi connectivity index (χ2v) is 6.49. The number of hydrogen-bond acceptors (Lipinski definition) is 3. The number of rotatable bonds is 4. The third-order valence-corrected chi connectivity index (χ3v) is 4.29. The van der Waals surface area contributed by atoms with Gasteiger partial charge in [0.2, 0.25) is 5.91 Å². The van der Waals surface area contributed by atoms with Gasteiger partial charge in [0.1, 0.15) is 5.75 Å². The largest absolute Gasteiger partial charge is 0.481 e. The average Bonchev–Trinajstić information content (AvgIpc) is 2.53. The van der Waals surface area contributed by atoms with E-state index in [0.29, 0.717) is 36.7 Å². The third-order valence-electron chi connectivity index (χ3n) is 4.05. The molecule has 1 atom stereocenters. The Morgan fingerprint density at radius 3 is 2.52 bits per heavy atom. The van der Waals surface area contributed by atoms with Crippen LogP contribution in [0.3, 0.4) is 0 Å². The Kier molecular flexibility index (Phi) is 5.88. The molecule has 0 aliphatic carbocycles. The standard InChI is InChI=1S/C17H23ClN2O3/c1-12(23-15-6-4-5-14(18)11-15)16(21)20-9-7-13(8-10-20)17(22)19(2)3/h4-6,11-13H,7-10H2,1-3H3. The number of carbonyl (C=O) groups is 2. The van der Waals surface area contributed by atoms with E-state index in [9.17, 15) is 9.59 Å². The van der Waals surface area contributed by atoms with E-state index < -0.39 is 6.10 Å². The van der Waals surface area contributed by atoms with Crippen molar-refractivity contribution in [3.63, 3.8) is 0 Å². The van der Waals surface area contributed by atoms with Gasteiger partial charge < -0.3 is 14.5 Å². The quantitative estimate of drug-likeness (QED) is 0.847. The molecule has 5 nitrogen and oxygen atoms in total. The van der Waals surface area contributed by atoms with E-state index in [-0.39, 0.29) is 17.7 Å². The second-order valence-electron chi connectivity index (χ2n) is 6.05. The van der Waals surface area contributed by atoms with Gasteiger partial charge in [0.05, 0.1) is 0 Å². The molecule has 1 aliphatic rings. The second kappa shape index (κ2) is 7.68. The molecule has 0 spiro atoms. The lowest BCUT2D eigenvalue weighted by Crippen LogP contribution is -2.47. The first-order chi connectivity index (χ1) is 10.9. The first-order valence-electron chi connectivity index (χ1n) is 7.80. The lowest BCUT2D eigenvalue weighted by molar-refractivity contribution is -0.142. The van der Waals surface area contributed by atoms with Gasteiger partial charge in [0.25, 0.3) is 5.91 Å². The Hall–Kier alpha value is -1.75. The van der Waals surface area contributed by atoms with Crippen molar-refractivity contribution in [1.29, 1.82) is 0 Å². The third kappa shape index (κ3) is 4.61. The van der Waals surface area contributed by atoms with Gasteiger partial charge in [0, 0.05) is 38.1 Å². The lowest BCUT2D eigenvalue weighted by Gasteiger charge is -2.33. The normalized spacial score (nSPS) is 16.8. The van der Waals surface area contributed by atoms with E-state index in [2.05, 4.69) is 0 Å². The summed E-state index contributed by atoms with van der Waals surface area (Å²) >= 11 is 5.92. The van der Waals surface area contributed by atoms with Crippen LogP contribution in [0.2, 0.25) is 5.02 Å². The number of amides is 2. The van der Waals surface area contributed by atoms with E-state index in [4.69, 9.17) is 16.3 Å². The molecule has 126 valence electrons. The number of hydrogen-bond donors (Lipinski definition) is 0. The number of benzene rings is 1. The highest BCUT2D eigenvalue weighted by atomic mass is 35.5. The summed E-state index contributed by atoms with van der Waals surface area (Å²) in [5.74, 6) is 0.676. The summed E-state index contributed by atoms with van der Waals surface area (Å²) in [6.07, 6.45) is 0.828. The molecule has 1 unspecified atom stereocenters. The molecule has 1 fully saturated rings. The highest BCUT2D eigenvalue weighted by Gasteiger charge is 2.30. The Morgan fingerprint density at radius 2 is 1.96 bits per heavy atom. The van der Waals surface area contributed by atoms with Gasteiger partial charge in [0.15, 0.2) is 6.10 Å². The minimum Gasteiger partial charge on any atom is -0.481 e. The van der Waals surface area contributed by atoms with Crippen molar-refractivity contribution in [2.75, 3.05) is 27.2 Å². The summed E-state index contributed by atoms with van der Waals surface area (Å²) in [4.78, 5) is 27.8. The summed E-state index contributed by atoms with van der Waals surface area (Å²) in [6.45, 7) is 2.92. The predicted octanol–water partition coefficient (Wildman–Crippen LogP) is 2.43. The maximum atomic E-state index is 12.5. The number of carbonyl (C=O) groups excluding carboxylic acids is 2. The zero-order chi connectivity index (χ0) is 17.0. The Bertz CT molecular complexity index is 569. The van der Waals surface area contributed by atoms with Crippen molar-refractivity contribution >= 4 is 23.4 Å². The minimum absolute atomic E-state index is 0.0122. The molecule has 0 N–H and O–H groups in total. The number of piperidine rings is 1.